The number of carbonyl (C=O) groups excluding carboxylic acids is 1. The Labute approximate surface area is 87.3 Å². The van der Waals surface area contributed by atoms with Crippen LogP contribution in [0.3, 0.4) is 0 Å². The van der Waals surface area contributed by atoms with Gasteiger partial charge in [0.1, 0.15) is 0 Å². The van der Waals surface area contributed by atoms with E-state index in [2.05, 4.69) is 6.92 Å². The van der Waals surface area contributed by atoms with Crippen LogP contribution in [0.15, 0.2) is 12.2 Å². The van der Waals surface area contributed by atoms with Crippen LogP contribution in [0.5, 0.6) is 0 Å². The first kappa shape index (κ1) is 13.2. The summed E-state index contributed by atoms with van der Waals surface area (Å²) in [5.41, 5.74) is 0. The number of rotatable bonds is 8. The Morgan fingerprint density at radius 2 is 2.07 bits per heavy atom. The van der Waals surface area contributed by atoms with Gasteiger partial charge in [-0.2, -0.15) is 0 Å². The third-order valence-electron chi connectivity index (χ3n) is 2.02. The highest BCUT2D eigenvalue weighted by atomic mass is 16.5. The summed E-state index contributed by atoms with van der Waals surface area (Å²) >= 11 is 0. The first-order valence-electron chi connectivity index (χ1n) is 5.58. The summed E-state index contributed by atoms with van der Waals surface area (Å²) in [6, 6.07) is 0. The average Bonchev–Trinajstić information content (AvgIpc) is 2.19. The van der Waals surface area contributed by atoms with E-state index < -0.39 is 0 Å². The molecular weight excluding hydrogens is 176 g/mol. The van der Waals surface area contributed by atoms with Gasteiger partial charge < -0.3 is 4.74 Å². The molecular formula is C12H22O2. The van der Waals surface area contributed by atoms with Crippen LogP contribution in [-0.4, -0.2) is 12.6 Å². The van der Waals surface area contributed by atoms with E-state index in [-0.39, 0.29) is 5.97 Å². The van der Waals surface area contributed by atoms with Crippen LogP contribution in [0.25, 0.3) is 0 Å². The van der Waals surface area contributed by atoms with Gasteiger partial charge in [0.2, 0.25) is 0 Å². The second-order valence-corrected chi connectivity index (χ2v) is 3.39. The molecule has 0 rings (SSSR count). The molecule has 2 nitrogen and oxygen atoms in total. The molecule has 0 aliphatic rings. The van der Waals surface area contributed by atoms with Gasteiger partial charge in [-0.05, 0) is 19.8 Å². The molecule has 0 amide bonds. The predicted octanol–water partition coefficient (Wildman–Crippen LogP) is 3.47. The molecule has 0 aromatic carbocycles. The molecule has 0 spiro atoms. The first-order chi connectivity index (χ1) is 6.81. The maximum Gasteiger partial charge on any atom is 0.305 e. The van der Waals surface area contributed by atoms with Gasteiger partial charge in [-0.25, -0.2) is 0 Å². The van der Waals surface area contributed by atoms with Crippen molar-refractivity contribution in [3.8, 4) is 0 Å². The number of ether oxygens (including phenoxy) is 1. The quantitative estimate of drug-likeness (QED) is 0.339. The number of esters is 1. The Morgan fingerprint density at radius 1 is 1.29 bits per heavy atom. The molecule has 2 heteroatoms. The lowest BCUT2D eigenvalue weighted by atomic mass is 10.2. The van der Waals surface area contributed by atoms with Crippen LogP contribution in [0.1, 0.15) is 52.4 Å². The van der Waals surface area contributed by atoms with Gasteiger partial charge in [0.25, 0.3) is 0 Å². The topological polar surface area (TPSA) is 26.3 Å². The Kier molecular flexibility index (Phi) is 9.71. The summed E-state index contributed by atoms with van der Waals surface area (Å²) in [6.07, 6.45) is 9.91. The van der Waals surface area contributed by atoms with E-state index in [9.17, 15) is 4.79 Å². The van der Waals surface area contributed by atoms with Crippen LogP contribution in [0.2, 0.25) is 0 Å². The minimum atomic E-state index is -0.0504. The van der Waals surface area contributed by atoms with Gasteiger partial charge in [-0.1, -0.05) is 38.3 Å². The van der Waals surface area contributed by atoms with E-state index >= 15 is 0 Å². The Bertz CT molecular complexity index is 162. The van der Waals surface area contributed by atoms with Gasteiger partial charge in [0, 0.05) is 6.42 Å². The van der Waals surface area contributed by atoms with Crippen molar-refractivity contribution in [2.45, 2.75) is 52.4 Å². The highest BCUT2D eigenvalue weighted by Gasteiger charge is 2.00. The fourth-order valence-electron chi connectivity index (χ4n) is 1.18. The van der Waals surface area contributed by atoms with Gasteiger partial charge in [-0.3, -0.25) is 4.79 Å². The Hall–Kier alpha value is -0.790. The SMILES string of the molecule is CC=CCCOC(=O)CCCCCC. The smallest absolute Gasteiger partial charge is 0.305 e. The van der Waals surface area contributed by atoms with Crippen molar-refractivity contribution in [1.29, 1.82) is 0 Å². The van der Waals surface area contributed by atoms with Crippen LogP contribution in [0.4, 0.5) is 0 Å². The fraction of sp³-hybridized carbons (Fsp3) is 0.750. The van der Waals surface area contributed by atoms with Crippen LogP contribution in [-0.2, 0) is 9.53 Å². The molecule has 0 aromatic heterocycles. The van der Waals surface area contributed by atoms with E-state index in [1.807, 2.05) is 19.1 Å². The Balaban J connectivity index is 3.19. The maximum absolute atomic E-state index is 11.1. The molecule has 0 bridgehead atoms. The van der Waals surface area contributed by atoms with Crippen LogP contribution >= 0.6 is 0 Å². The summed E-state index contributed by atoms with van der Waals surface area (Å²) in [7, 11) is 0. The predicted molar refractivity (Wildman–Crippen MR) is 59.1 cm³/mol. The fourth-order valence-corrected chi connectivity index (χ4v) is 1.18. The van der Waals surface area contributed by atoms with Gasteiger partial charge in [-0.15, -0.1) is 0 Å². The van der Waals surface area contributed by atoms with Crippen molar-refractivity contribution < 1.29 is 9.53 Å². The van der Waals surface area contributed by atoms with E-state index in [0.717, 1.165) is 19.3 Å². The summed E-state index contributed by atoms with van der Waals surface area (Å²) in [5.74, 6) is -0.0504. The molecule has 82 valence electrons. The van der Waals surface area contributed by atoms with E-state index in [4.69, 9.17) is 4.74 Å². The molecule has 0 saturated carbocycles. The molecule has 0 N–H and O–H groups in total. The zero-order valence-electron chi connectivity index (χ0n) is 9.42. The van der Waals surface area contributed by atoms with E-state index in [0.29, 0.717) is 13.0 Å². The summed E-state index contributed by atoms with van der Waals surface area (Å²) < 4.78 is 5.03. The monoisotopic (exact) mass is 198 g/mol. The molecule has 0 saturated heterocycles. The molecule has 0 radical (unpaired) electrons. The second kappa shape index (κ2) is 10.3. The van der Waals surface area contributed by atoms with Gasteiger partial charge >= 0.3 is 5.97 Å². The zero-order chi connectivity index (χ0) is 10.6. The van der Waals surface area contributed by atoms with Crippen molar-refractivity contribution in [3.05, 3.63) is 12.2 Å². The second-order valence-electron chi connectivity index (χ2n) is 3.39. The minimum absolute atomic E-state index is 0.0504. The number of carbonyl (C=O) groups is 1. The number of unbranched alkanes of at least 4 members (excludes halogenated alkanes) is 3. The van der Waals surface area contributed by atoms with Crippen molar-refractivity contribution >= 4 is 5.97 Å². The molecule has 0 aromatic rings. The van der Waals surface area contributed by atoms with Crippen molar-refractivity contribution in [1.82, 2.24) is 0 Å². The summed E-state index contributed by atoms with van der Waals surface area (Å²) in [4.78, 5) is 11.1. The lowest BCUT2D eigenvalue weighted by molar-refractivity contribution is -0.143. The molecule has 0 fully saturated rings. The highest BCUT2D eigenvalue weighted by Crippen LogP contribution is 2.03. The molecule has 0 heterocycles. The lowest BCUT2D eigenvalue weighted by Gasteiger charge is -2.02. The molecule has 0 atom stereocenters. The molecule has 14 heavy (non-hydrogen) atoms. The van der Waals surface area contributed by atoms with Gasteiger partial charge in [0.15, 0.2) is 0 Å². The highest BCUT2D eigenvalue weighted by molar-refractivity contribution is 5.69. The standard InChI is InChI=1S/C12H22O2/c1-3-5-7-8-10-12(13)14-11-9-6-4-2/h4,6H,3,5,7-11H2,1-2H3. The number of hydrogen-bond donors (Lipinski definition) is 0. The maximum atomic E-state index is 11.1. The Morgan fingerprint density at radius 3 is 2.71 bits per heavy atom. The number of hydrogen-bond acceptors (Lipinski definition) is 2. The largest absolute Gasteiger partial charge is 0.465 e. The summed E-state index contributed by atoms with van der Waals surface area (Å²) in [6.45, 7) is 4.65. The average molecular weight is 198 g/mol. The molecule has 0 aliphatic heterocycles. The van der Waals surface area contributed by atoms with Crippen molar-refractivity contribution in [3.63, 3.8) is 0 Å². The number of allylic oxidation sites excluding steroid dienone is 1. The zero-order valence-corrected chi connectivity index (χ0v) is 9.42. The minimum Gasteiger partial charge on any atom is -0.465 e. The first-order valence-corrected chi connectivity index (χ1v) is 5.58. The third-order valence-corrected chi connectivity index (χ3v) is 2.02. The van der Waals surface area contributed by atoms with E-state index in [1.54, 1.807) is 0 Å². The van der Waals surface area contributed by atoms with Crippen LogP contribution in [0, 0.1) is 0 Å². The van der Waals surface area contributed by atoms with Crippen molar-refractivity contribution in [2.75, 3.05) is 6.61 Å². The van der Waals surface area contributed by atoms with Crippen LogP contribution < -0.4 is 0 Å². The van der Waals surface area contributed by atoms with E-state index in [1.165, 1.54) is 12.8 Å². The lowest BCUT2D eigenvalue weighted by Crippen LogP contribution is -2.04. The third kappa shape index (κ3) is 9.30. The molecule has 0 aliphatic carbocycles. The van der Waals surface area contributed by atoms with Gasteiger partial charge in [0.05, 0.1) is 6.61 Å². The summed E-state index contributed by atoms with van der Waals surface area (Å²) in [5, 5.41) is 0. The normalized spacial score (nSPS) is 10.7. The molecule has 0 unspecified atom stereocenters. The van der Waals surface area contributed by atoms with Crippen molar-refractivity contribution in [2.24, 2.45) is 0 Å².